The van der Waals surface area contributed by atoms with Crippen molar-refractivity contribution in [3.63, 3.8) is 0 Å². The Morgan fingerprint density at radius 1 is 1.17 bits per heavy atom. The summed E-state index contributed by atoms with van der Waals surface area (Å²) in [4.78, 5) is 34.0. The van der Waals surface area contributed by atoms with Crippen molar-refractivity contribution in [1.82, 2.24) is 5.32 Å². The van der Waals surface area contributed by atoms with Crippen LogP contribution < -0.4 is 15.4 Å². The molecule has 2 amide bonds. The molecule has 9 heteroatoms. The lowest BCUT2D eigenvalue weighted by atomic mass is 10.2. The van der Waals surface area contributed by atoms with Crippen molar-refractivity contribution in [2.75, 3.05) is 19.0 Å². The monoisotopic (exact) mass is 350 g/mol. The molecule has 0 atom stereocenters. The molecular weight excluding hydrogens is 336 g/mol. The Kier molecular flexibility index (Phi) is 5.38. The van der Waals surface area contributed by atoms with E-state index in [1.807, 2.05) is 0 Å². The first kappa shape index (κ1) is 17.3. The first-order valence-corrected chi connectivity index (χ1v) is 7.50. The number of aliphatic carboxylic acids is 1. The van der Waals surface area contributed by atoms with Crippen LogP contribution in [-0.4, -0.2) is 41.8 Å². The second kappa shape index (κ2) is 7.47. The van der Waals surface area contributed by atoms with Crippen molar-refractivity contribution >= 4 is 35.0 Å². The molecule has 0 unspecified atom stereocenters. The van der Waals surface area contributed by atoms with E-state index in [0.717, 1.165) is 16.9 Å². The highest BCUT2D eigenvalue weighted by Gasteiger charge is 2.18. The number of rotatable bonds is 6. The fraction of sp³-hybridized carbons (Fsp3) is 0.133. The van der Waals surface area contributed by atoms with Gasteiger partial charge in [0.25, 0.3) is 0 Å². The number of carbonyl (C=O) groups excluding carboxylic acids is 1. The number of urea groups is 1. The highest BCUT2D eigenvalue weighted by atomic mass is 32.1. The molecule has 0 radical (unpaired) electrons. The summed E-state index contributed by atoms with van der Waals surface area (Å²) in [7, 11) is 1.54. The Morgan fingerprint density at radius 3 is 2.38 bits per heavy atom. The van der Waals surface area contributed by atoms with Crippen LogP contribution in [0.1, 0.15) is 9.67 Å². The summed E-state index contributed by atoms with van der Waals surface area (Å²) in [5.74, 6) is -1.72. The van der Waals surface area contributed by atoms with Crippen molar-refractivity contribution in [3.8, 4) is 16.2 Å². The molecule has 0 saturated carbocycles. The normalized spacial score (nSPS) is 10.0. The Bertz CT molecular complexity index is 769. The Hall–Kier alpha value is -3.07. The van der Waals surface area contributed by atoms with Crippen LogP contribution >= 0.6 is 11.3 Å². The molecule has 1 aromatic carbocycles. The zero-order valence-electron chi connectivity index (χ0n) is 12.5. The maximum absolute atomic E-state index is 11.6. The van der Waals surface area contributed by atoms with Crippen LogP contribution in [-0.2, 0) is 4.79 Å². The van der Waals surface area contributed by atoms with Crippen molar-refractivity contribution in [2.24, 2.45) is 0 Å². The van der Waals surface area contributed by atoms with Gasteiger partial charge in [-0.05, 0) is 35.9 Å². The molecule has 0 aliphatic carbocycles. The van der Waals surface area contributed by atoms with Gasteiger partial charge in [0, 0.05) is 4.88 Å². The summed E-state index contributed by atoms with van der Waals surface area (Å²) in [5, 5.41) is 22.2. The number of benzene rings is 1. The van der Waals surface area contributed by atoms with Crippen LogP contribution in [0.15, 0.2) is 30.3 Å². The molecule has 126 valence electrons. The van der Waals surface area contributed by atoms with Gasteiger partial charge in [-0.1, -0.05) is 0 Å². The Labute approximate surface area is 140 Å². The van der Waals surface area contributed by atoms with Crippen molar-refractivity contribution in [3.05, 3.63) is 35.2 Å². The number of hydrogen-bond acceptors (Lipinski definition) is 5. The number of carboxylic acid groups (broad SMARTS) is 2. The molecule has 0 aliphatic rings. The average molecular weight is 350 g/mol. The van der Waals surface area contributed by atoms with Gasteiger partial charge < -0.3 is 25.6 Å². The summed E-state index contributed by atoms with van der Waals surface area (Å²) in [6.07, 6.45) is 0. The van der Waals surface area contributed by atoms with E-state index in [1.165, 1.54) is 6.07 Å². The fourth-order valence-corrected chi connectivity index (χ4v) is 2.82. The summed E-state index contributed by atoms with van der Waals surface area (Å²) < 4.78 is 5.07. The number of methoxy groups -OCH3 is 1. The second-order valence-corrected chi connectivity index (χ2v) is 5.64. The predicted molar refractivity (Wildman–Crippen MR) is 87.9 cm³/mol. The molecular formula is C15H14N2O6S. The van der Waals surface area contributed by atoms with Crippen LogP contribution in [0.2, 0.25) is 0 Å². The topological polar surface area (TPSA) is 125 Å². The van der Waals surface area contributed by atoms with Crippen molar-refractivity contribution in [2.45, 2.75) is 0 Å². The van der Waals surface area contributed by atoms with Crippen LogP contribution in [0.25, 0.3) is 10.4 Å². The number of thiophene rings is 1. The van der Waals surface area contributed by atoms with Gasteiger partial charge in [-0.2, -0.15) is 0 Å². The van der Waals surface area contributed by atoms with E-state index in [9.17, 15) is 19.5 Å². The highest BCUT2D eigenvalue weighted by Crippen LogP contribution is 2.35. The van der Waals surface area contributed by atoms with Crippen molar-refractivity contribution in [1.29, 1.82) is 0 Å². The number of hydrogen-bond donors (Lipinski definition) is 4. The van der Waals surface area contributed by atoms with E-state index in [4.69, 9.17) is 9.84 Å². The van der Waals surface area contributed by atoms with E-state index >= 15 is 0 Å². The van der Waals surface area contributed by atoms with Crippen LogP contribution in [0.4, 0.5) is 10.5 Å². The van der Waals surface area contributed by atoms with Gasteiger partial charge in [0.2, 0.25) is 0 Å². The second-order valence-electron chi connectivity index (χ2n) is 4.59. The van der Waals surface area contributed by atoms with Gasteiger partial charge in [0.15, 0.2) is 0 Å². The van der Waals surface area contributed by atoms with Gasteiger partial charge in [-0.25, -0.2) is 9.59 Å². The number of carboxylic acids is 2. The first-order chi connectivity index (χ1) is 11.4. The van der Waals surface area contributed by atoms with Crippen LogP contribution in [0.5, 0.6) is 5.75 Å². The number of amides is 2. The molecule has 1 heterocycles. The van der Waals surface area contributed by atoms with Gasteiger partial charge in [0.1, 0.15) is 17.2 Å². The van der Waals surface area contributed by atoms with E-state index in [-0.39, 0.29) is 10.6 Å². The molecule has 2 aromatic rings. The zero-order chi connectivity index (χ0) is 17.7. The molecule has 0 bridgehead atoms. The SMILES string of the molecule is COc1ccc(-c2cc(NC(=O)NCC(=O)O)c(C(=O)O)s2)cc1. The molecule has 0 saturated heterocycles. The third-order valence-electron chi connectivity index (χ3n) is 2.95. The van der Waals surface area contributed by atoms with E-state index < -0.39 is 24.5 Å². The smallest absolute Gasteiger partial charge is 0.348 e. The highest BCUT2D eigenvalue weighted by molar-refractivity contribution is 7.18. The summed E-state index contributed by atoms with van der Waals surface area (Å²) in [6, 6.07) is 7.74. The van der Waals surface area contributed by atoms with E-state index in [2.05, 4.69) is 10.6 Å². The van der Waals surface area contributed by atoms with E-state index in [1.54, 1.807) is 31.4 Å². The minimum Gasteiger partial charge on any atom is -0.497 e. The quantitative estimate of drug-likeness (QED) is 0.634. The lowest BCUT2D eigenvalue weighted by Crippen LogP contribution is -2.33. The first-order valence-electron chi connectivity index (χ1n) is 6.69. The number of nitrogens with one attached hydrogen (secondary N) is 2. The minimum atomic E-state index is -1.20. The number of anilines is 1. The minimum absolute atomic E-state index is 0.0497. The van der Waals surface area contributed by atoms with Gasteiger partial charge in [0.05, 0.1) is 12.8 Å². The van der Waals surface area contributed by atoms with Gasteiger partial charge in [-0.3, -0.25) is 4.79 Å². The Balaban J connectivity index is 2.24. The van der Waals surface area contributed by atoms with Crippen molar-refractivity contribution < 1.29 is 29.3 Å². The molecule has 24 heavy (non-hydrogen) atoms. The summed E-state index contributed by atoms with van der Waals surface area (Å²) in [6.45, 7) is -0.566. The molecule has 1 aromatic heterocycles. The van der Waals surface area contributed by atoms with E-state index in [0.29, 0.717) is 10.6 Å². The van der Waals surface area contributed by atoms with Gasteiger partial charge in [-0.15, -0.1) is 11.3 Å². The fourth-order valence-electron chi connectivity index (χ4n) is 1.86. The standard InChI is InChI=1S/C15H14N2O6S/c1-23-9-4-2-8(3-5-9)11-6-10(13(24-11)14(20)21)17-15(22)16-7-12(18)19/h2-6H,7H2,1H3,(H,18,19)(H,20,21)(H2,16,17,22). The van der Waals surface area contributed by atoms with Crippen LogP contribution in [0, 0.1) is 0 Å². The van der Waals surface area contributed by atoms with Crippen LogP contribution in [0.3, 0.4) is 0 Å². The third-order valence-corrected chi connectivity index (χ3v) is 4.12. The average Bonchev–Trinajstić information content (AvgIpc) is 2.97. The Morgan fingerprint density at radius 2 is 1.83 bits per heavy atom. The number of aromatic carboxylic acids is 1. The molecule has 2 rings (SSSR count). The predicted octanol–water partition coefficient (Wildman–Crippen LogP) is 2.33. The summed E-state index contributed by atoms with van der Waals surface area (Å²) in [5.41, 5.74) is 0.864. The molecule has 4 N–H and O–H groups in total. The summed E-state index contributed by atoms with van der Waals surface area (Å²) >= 11 is 1.00. The molecule has 0 spiro atoms. The van der Waals surface area contributed by atoms with Gasteiger partial charge >= 0.3 is 18.0 Å². The largest absolute Gasteiger partial charge is 0.497 e. The number of carbonyl (C=O) groups is 3. The third kappa shape index (κ3) is 4.23. The molecule has 0 fully saturated rings. The lowest BCUT2D eigenvalue weighted by Gasteiger charge is -2.04. The molecule has 8 nitrogen and oxygen atoms in total. The zero-order valence-corrected chi connectivity index (χ0v) is 13.3. The maximum atomic E-state index is 11.6. The number of ether oxygens (including phenoxy) is 1. The maximum Gasteiger partial charge on any atom is 0.348 e. The lowest BCUT2D eigenvalue weighted by molar-refractivity contribution is -0.135. The molecule has 0 aliphatic heterocycles.